The molecule has 3 unspecified atom stereocenters. The summed E-state index contributed by atoms with van der Waals surface area (Å²) in [7, 11) is -4.15. The Morgan fingerprint density at radius 2 is 1.68 bits per heavy atom. The van der Waals surface area contributed by atoms with Gasteiger partial charge in [-0.25, -0.2) is 21.6 Å². The van der Waals surface area contributed by atoms with E-state index in [0.717, 1.165) is 42.6 Å². The van der Waals surface area contributed by atoms with Gasteiger partial charge >= 0.3 is 0 Å². The van der Waals surface area contributed by atoms with E-state index in [1.807, 2.05) is 0 Å². The highest BCUT2D eigenvalue weighted by atomic mass is 35.5. The molecular weight excluding hydrogens is 585 g/mol. The highest BCUT2D eigenvalue weighted by molar-refractivity contribution is 7.92. The van der Waals surface area contributed by atoms with Crippen molar-refractivity contribution in [1.29, 1.82) is 0 Å². The van der Waals surface area contributed by atoms with Gasteiger partial charge in [-0.05, 0) is 80.0 Å². The average molecular weight is 611 g/mol. The predicted octanol–water partition coefficient (Wildman–Crippen LogP) is 4.19. The Balaban J connectivity index is 1.37. The first-order valence-electron chi connectivity index (χ1n) is 12.8. The summed E-state index contributed by atoms with van der Waals surface area (Å²) >= 11 is 6.26. The van der Waals surface area contributed by atoms with Crippen LogP contribution in [-0.2, 0) is 9.84 Å². The van der Waals surface area contributed by atoms with Gasteiger partial charge in [0, 0.05) is 23.5 Å². The molecular formula is C28H26ClF3N2O6S. The number of benzene rings is 2. The third kappa shape index (κ3) is 5.35. The summed E-state index contributed by atoms with van der Waals surface area (Å²) in [5, 5.41) is 34.5. The molecule has 3 aromatic rings. The largest absolute Gasteiger partial charge is 0.387 e. The van der Waals surface area contributed by atoms with Gasteiger partial charge in [-0.3, -0.25) is 9.78 Å². The monoisotopic (exact) mass is 610 g/mol. The number of hydrogen-bond donors (Lipinski definition) is 4. The standard InChI is InChI=1S/C28H26ClF3N2O6S/c29-20-5-1-14(27(37)34-18-4-6-21(31)22(32)13-18)9-24(20)41(39,40)19-10-15-2-3-16(11-19)28(15,38)26(36)25(35)23-12-17(30)7-8-33-23/h1,4-9,12-13,15-16,19,25-26,35-36,38H,2-3,10-11H2,(H,34,37)/t15-,16?,19-,25?,26?,28-/m0/s1. The molecule has 2 aliphatic rings. The first-order valence-corrected chi connectivity index (χ1v) is 14.7. The van der Waals surface area contributed by atoms with Crippen LogP contribution in [0.3, 0.4) is 0 Å². The fraction of sp³-hybridized carbons (Fsp3) is 0.357. The second-order valence-electron chi connectivity index (χ2n) is 10.5. The van der Waals surface area contributed by atoms with Crippen LogP contribution in [0.5, 0.6) is 0 Å². The van der Waals surface area contributed by atoms with Gasteiger partial charge in [-0.2, -0.15) is 0 Å². The van der Waals surface area contributed by atoms with Crippen molar-refractivity contribution in [1.82, 2.24) is 4.98 Å². The highest BCUT2D eigenvalue weighted by Crippen LogP contribution is 2.55. The molecule has 1 amide bonds. The van der Waals surface area contributed by atoms with E-state index in [1.165, 1.54) is 12.1 Å². The number of nitrogens with one attached hydrogen (secondary N) is 1. The lowest BCUT2D eigenvalue weighted by Crippen LogP contribution is -2.57. The van der Waals surface area contributed by atoms with Crippen LogP contribution >= 0.6 is 11.6 Å². The highest BCUT2D eigenvalue weighted by Gasteiger charge is 2.60. The number of nitrogens with zero attached hydrogens (tertiary/aromatic N) is 1. The number of sulfone groups is 1. The SMILES string of the molecule is O=C(Nc1ccc(F)c(F)c1)c1ccc(Cl)c(S(=O)(=O)[C@@H]2CC3CC[C@@H](C2)[C@@]3(O)C(O)C(O)c2cc(F)ccn2)c1. The van der Waals surface area contributed by atoms with E-state index in [2.05, 4.69) is 10.3 Å². The number of aliphatic hydroxyl groups excluding tert-OH is 2. The van der Waals surface area contributed by atoms with Crippen molar-refractivity contribution in [3.05, 3.63) is 88.5 Å². The lowest BCUT2D eigenvalue weighted by Gasteiger charge is -2.46. The third-order valence-electron chi connectivity index (χ3n) is 8.20. The van der Waals surface area contributed by atoms with Gasteiger partial charge in [0.1, 0.15) is 18.0 Å². The number of anilines is 1. The molecule has 1 heterocycles. The maximum atomic E-state index is 13.8. The minimum Gasteiger partial charge on any atom is -0.387 e. The van der Waals surface area contributed by atoms with E-state index in [4.69, 9.17) is 11.6 Å². The van der Waals surface area contributed by atoms with E-state index in [1.54, 1.807) is 0 Å². The topological polar surface area (TPSA) is 137 Å². The Labute approximate surface area is 238 Å². The second-order valence-corrected chi connectivity index (χ2v) is 13.1. The Hall–Kier alpha value is -3.03. The van der Waals surface area contributed by atoms with Crippen molar-refractivity contribution < 1.29 is 41.7 Å². The van der Waals surface area contributed by atoms with Crippen LogP contribution in [0.2, 0.25) is 5.02 Å². The first-order chi connectivity index (χ1) is 19.3. The van der Waals surface area contributed by atoms with E-state index >= 15 is 0 Å². The van der Waals surface area contributed by atoms with E-state index in [-0.39, 0.29) is 39.7 Å². The molecule has 4 N–H and O–H groups in total. The number of carbonyl (C=O) groups is 1. The summed E-state index contributed by atoms with van der Waals surface area (Å²) in [4.78, 5) is 16.3. The van der Waals surface area contributed by atoms with Gasteiger partial charge in [0.05, 0.1) is 26.5 Å². The van der Waals surface area contributed by atoms with Gasteiger partial charge in [0.15, 0.2) is 21.5 Å². The zero-order chi connectivity index (χ0) is 29.7. The summed E-state index contributed by atoms with van der Waals surface area (Å²) in [5.74, 6) is -5.13. The summed E-state index contributed by atoms with van der Waals surface area (Å²) in [5.41, 5.74) is -2.12. The average Bonchev–Trinajstić information content (AvgIpc) is 3.10. The third-order valence-corrected chi connectivity index (χ3v) is 10.9. The normalized spacial score (nSPS) is 25.5. The zero-order valence-electron chi connectivity index (χ0n) is 21.3. The lowest BCUT2D eigenvalue weighted by atomic mass is 9.69. The molecule has 0 saturated heterocycles. The molecule has 0 aliphatic heterocycles. The molecule has 5 rings (SSSR count). The minimum absolute atomic E-state index is 0.0365. The molecule has 8 nitrogen and oxygen atoms in total. The van der Waals surface area contributed by atoms with Crippen LogP contribution in [0.1, 0.15) is 47.8 Å². The molecule has 6 atom stereocenters. The molecule has 13 heteroatoms. The molecule has 0 radical (unpaired) electrons. The smallest absolute Gasteiger partial charge is 0.255 e. The van der Waals surface area contributed by atoms with E-state index in [9.17, 15) is 41.7 Å². The number of carbonyl (C=O) groups excluding carboxylic acids is 1. The maximum Gasteiger partial charge on any atom is 0.255 e. The molecule has 2 saturated carbocycles. The number of hydrogen-bond acceptors (Lipinski definition) is 7. The first kappa shape index (κ1) is 29.5. The molecule has 218 valence electrons. The Bertz CT molecular complexity index is 1590. The van der Waals surface area contributed by atoms with Crippen molar-refractivity contribution in [2.75, 3.05) is 5.32 Å². The molecule has 2 fully saturated rings. The van der Waals surface area contributed by atoms with Crippen LogP contribution in [-0.4, -0.2) is 51.6 Å². The van der Waals surface area contributed by atoms with Crippen LogP contribution in [0, 0.1) is 29.3 Å². The molecule has 2 aromatic carbocycles. The van der Waals surface area contributed by atoms with Crippen molar-refractivity contribution in [3.8, 4) is 0 Å². The Morgan fingerprint density at radius 1 is 1.00 bits per heavy atom. The summed E-state index contributed by atoms with van der Waals surface area (Å²) in [6, 6.07) is 8.44. The number of rotatable bonds is 7. The van der Waals surface area contributed by atoms with E-state index in [0.29, 0.717) is 12.8 Å². The minimum atomic E-state index is -4.15. The van der Waals surface area contributed by atoms with Crippen molar-refractivity contribution in [3.63, 3.8) is 0 Å². The molecule has 2 aliphatic carbocycles. The quantitative estimate of drug-likeness (QED) is 0.315. The van der Waals surface area contributed by atoms with Crippen molar-refractivity contribution in [2.24, 2.45) is 11.8 Å². The fourth-order valence-corrected chi connectivity index (χ4v) is 8.50. The van der Waals surface area contributed by atoms with Crippen molar-refractivity contribution in [2.45, 2.75) is 53.6 Å². The molecule has 1 aromatic heterocycles. The number of amides is 1. The number of aromatic nitrogens is 1. The fourth-order valence-electron chi connectivity index (χ4n) is 6.10. The van der Waals surface area contributed by atoms with Crippen molar-refractivity contribution >= 4 is 33.0 Å². The summed E-state index contributed by atoms with van der Waals surface area (Å²) in [6.07, 6.45) is -1.67. The Kier molecular flexibility index (Phi) is 7.90. The van der Waals surface area contributed by atoms with Crippen LogP contribution in [0.4, 0.5) is 18.9 Å². The number of aliphatic hydroxyl groups is 3. The maximum absolute atomic E-state index is 13.8. The number of fused-ring (bicyclic) bond motifs is 2. The van der Waals surface area contributed by atoms with Crippen LogP contribution < -0.4 is 5.32 Å². The number of pyridine rings is 1. The molecule has 2 bridgehead atoms. The molecule has 0 spiro atoms. The van der Waals surface area contributed by atoms with Gasteiger partial charge in [-0.15, -0.1) is 0 Å². The van der Waals surface area contributed by atoms with Gasteiger partial charge in [-0.1, -0.05) is 11.6 Å². The Morgan fingerprint density at radius 3 is 2.32 bits per heavy atom. The van der Waals surface area contributed by atoms with Gasteiger partial charge < -0.3 is 20.6 Å². The van der Waals surface area contributed by atoms with Gasteiger partial charge in [0.25, 0.3) is 5.91 Å². The summed E-state index contributed by atoms with van der Waals surface area (Å²) in [6.45, 7) is 0. The van der Waals surface area contributed by atoms with Crippen LogP contribution in [0.25, 0.3) is 0 Å². The lowest BCUT2D eigenvalue weighted by molar-refractivity contribution is -0.178. The summed E-state index contributed by atoms with van der Waals surface area (Å²) < 4.78 is 68.0. The van der Waals surface area contributed by atoms with Gasteiger partial charge in [0.2, 0.25) is 0 Å². The molecule has 41 heavy (non-hydrogen) atoms. The number of halogens is 4. The van der Waals surface area contributed by atoms with E-state index < -0.39 is 68.1 Å². The zero-order valence-corrected chi connectivity index (χ0v) is 22.9. The second kappa shape index (κ2) is 11.0. The predicted molar refractivity (Wildman–Crippen MR) is 142 cm³/mol. The van der Waals surface area contributed by atoms with Crippen LogP contribution in [0.15, 0.2) is 59.6 Å².